The normalized spacial score (nSPS) is 9.38. The minimum Gasteiger partial charge on any atom is -0.649 e. The van der Waals surface area contributed by atoms with Crippen molar-refractivity contribution >= 4 is 6.47 Å². The standard InChI is InChI=1S/C5H9O2.Zr/c1-5(2,3)7-4-6;/h1-3H3;/q-1;. The van der Waals surface area contributed by atoms with Crippen LogP contribution in [-0.2, 0) is 35.7 Å². The molecule has 0 heterocycles. The van der Waals surface area contributed by atoms with E-state index in [1.165, 1.54) is 6.47 Å². The summed E-state index contributed by atoms with van der Waals surface area (Å²) in [6.07, 6.45) is 0. The molecule has 3 heteroatoms. The summed E-state index contributed by atoms with van der Waals surface area (Å²) in [6, 6.07) is 0. The molecule has 0 N–H and O–H groups in total. The average Bonchev–Trinajstić information content (AvgIpc) is 1.30. The summed E-state index contributed by atoms with van der Waals surface area (Å²) in [5, 5.41) is 0. The molecule has 0 aromatic heterocycles. The van der Waals surface area contributed by atoms with E-state index in [1.807, 2.05) is 0 Å². The van der Waals surface area contributed by atoms with Gasteiger partial charge in [-0.3, -0.25) is 0 Å². The maximum Gasteiger partial charge on any atom is 0.0623 e. The number of ether oxygens (including phenoxy) is 1. The predicted octanol–water partition coefficient (Wildman–Crippen LogP) is 0.866. The molecular formula is C5H9O2Zr-. The molecule has 0 aromatic carbocycles. The van der Waals surface area contributed by atoms with Crippen molar-refractivity contribution in [3.63, 3.8) is 0 Å². The van der Waals surface area contributed by atoms with Gasteiger partial charge in [-0.15, -0.1) is 0 Å². The Morgan fingerprint density at radius 3 is 1.75 bits per heavy atom. The zero-order valence-electron chi connectivity index (χ0n) is 5.32. The Labute approximate surface area is 68.7 Å². The Bertz CT molecular complexity index is 65.3. The molecule has 8 heavy (non-hydrogen) atoms. The van der Waals surface area contributed by atoms with Gasteiger partial charge in [0.05, 0.1) is 5.60 Å². The molecule has 0 amide bonds. The second-order valence-corrected chi connectivity index (χ2v) is 2.30. The first kappa shape index (κ1) is 11.2. The van der Waals surface area contributed by atoms with Crippen LogP contribution in [0.1, 0.15) is 20.8 Å². The Kier molecular flexibility index (Phi) is 5.95. The van der Waals surface area contributed by atoms with E-state index in [2.05, 4.69) is 4.74 Å². The summed E-state index contributed by atoms with van der Waals surface area (Å²) in [7, 11) is 0. The number of hydrogen-bond donors (Lipinski definition) is 0. The first-order valence-corrected chi connectivity index (χ1v) is 2.11. The Morgan fingerprint density at radius 2 is 1.75 bits per heavy atom. The zero-order chi connectivity index (χ0) is 5.91. The molecule has 0 saturated carbocycles. The third-order valence-corrected chi connectivity index (χ3v) is 0.348. The van der Waals surface area contributed by atoms with Crippen LogP contribution >= 0.6 is 0 Å². The molecule has 0 unspecified atom stereocenters. The van der Waals surface area contributed by atoms with Gasteiger partial charge in [-0.1, -0.05) is 6.47 Å². The predicted molar refractivity (Wildman–Crippen MR) is 26.5 cm³/mol. The monoisotopic (exact) mass is 191 g/mol. The van der Waals surface area contributed by atoms with E-state index in [0.29, 0.717) is 0 Å². The van der Waals surface area contributed by atoms with Crippen LogP contribution in [0, 0.1) is 0 Å². The Balaban J connectivity index is 0. The second kappa shape index (κ2) is 4.25. The molecule has 0 aliphatic rings. The fourth-order valence-corrected chi connectivity index (χ4v) is 0.125. The first-order chi connectivity index (χ1) is 3.06. The molecule has 46 valence electrons. The van der Waals surface area contributed by atoms with E-state index < -0.39 is 0 Å². The number of hydrogen-bond acceptors (Lipinski definition) is 2. The van der Waals surface area contributed by atoms with Gasteiger partial charge in [0.25, 0.3) is 0 Å². The van der Waals surface area contributed by atoms with Gasteiger partial charge in [0.15, 0.2) is 0 Å². The van der Waals surface area contributed by atoms with E-state index in [9.17, 15) is 4.79 Å². The van der Waals surface area contributed by atoms with Crippen LogP contribution in [0.25, 0.3) is 0 Å². The van der Waals surface area contributed by atoms with Crippen LogP contribution in [0.4, 0.5) is 0 Å². The summed E-state index contributed by atoms with van der Waals surface area (Å²) < 4.78 is 4.42. The van der Waals surface area contributed by atoms with Gasteiger partial charge in [0.2, 0.25) is 0 Å². The van der Waals surface area contributed by atoms with Crippen LogP contribution in [0.2, 0.25) is 0 Å². The third-order valence-electron chi connectivity index (χ3n) is 0.348. The van der Waals surface area contributed by atoms with Crippen molar-refractivity contribution in [3.8, 4) is 0 Å². The largest absolute Gasteiger partial charge is 0.649 e. The summed E-state index contributed by atoms with van der Waals surface area (Å²) in [5.41, 5.74) is -0.373. The van der Waals surface area contributed by atoms with Crippen molar-refractivity contribution in [2.24, 2.45) is 0 Å². The van der Waals surface area contributed by atoms with Crippen LogP contribution in [-0.4, -0.2) is 12.1 Å². The zero-order valence-corrected chi connectivity index (χ0v) is 7.77. The Morgan fingerprint density at radius 1 is 1.38 bits per heavy atom. The summed E-state index contributed by atoms with van der Waals surface area (Å²) in [6.45, 7) is 6.73. The Hall–Kier alpha value is 0.353. The van der Waals surface area contributed by atoms with Crippen molar-refractivity contribution < 1.29 is 35.7 Å². The molecule has 0 aliphatic heterocycles. The van der Waals surface area contributed by atoms with Crippen molar-refractivity contribution in [3.05, 3.63) is 0 Å². The molecular weight excluding hydrogens is 183 g/mol. The molecule has 0 spiro atoms. The van der Waals surface area contributed by atoms with E-state index in [-0.39, 0.29) is 31.8 Å². The topological polar surface area (TPSA) is 26.3 Å². The van der Waals surface area contributed by atoms with Crippen molar-refractivity contribution in [1.29, 1.82) is 0 Å². The summed E-state index contributed by atoms with van der Waals surface area (Å²) >= 11 is 0. The minimum absolute atomic E-state index is 0. The van der Waals surface area contributed by atoms with E-state index in [1.54, 1.807) is 20.8 Å². The SMILES string of the molecule is CC(C)(C)O[C-]=O.[Zr]. The fraction of sp³-hybridized carbons (Fsp3) is 0.800. The quantitative estimate of drug-likeness (QED) is 0.576. The molecule has 0 saturated heterocycles. The number of rotatable bonds is 1. The maximum atomic E-state index is 9.47. The minimum atomic E-state index is -0.373. The first-order valence-electron chi connectivity index (χ1n) is 2.11. The average molecular weight is 192 g/mol. The van der Waals surface area contributed by atoms with E-state index >= 15 is 0 Å². The molecule has 0 bridgehead atoms. The molecule has 0 aliphatic carbocycles. The fourth-order valence-electron chi connectivity index (χ4n) is 0.125. The van der Waals surface area contributed by atoms with Gasteiger partial charge in [0.1, 0.15) is 0 Å². The van der Waals surface area contributed by atoms with Crippen molar-refractivity contribution in [1.82, 2.24) is 0 Å². The van der Waals surface area contributed by atoms with Crippen molar-refractivity contribution in [2.75, 3.05) is 0 Å². The maximum absolute atomic E-state index is 9.47. The van der Waals surface area contributed by atoms with Gasteiger partial charge in [-0.05, 0) is 20.8 Å². The van der Waals surface area contributed by atoms with Crippen LogP contribution in [0.5, 0.6) is 0 Å². The van der Waals surface area contributed by atoms with E-state index in [4.69, 9.17) is 0 Å². The van der Waals surface area contributed by atoms with Gasteiger partial charge in [0, 0.05) is 26.2 Å². The molecule has 0 radical (unpaired) electrons. The van der Waals surface area contributed by atoms with Gasteiger partial charge < -0.3 is 9.53 Å². The van der Waals surface area contributed by atoms with Gasteiger partial charge in [-0.25, -0.2) is 0 Å². The number of carbonyl (C=O) groups excluding carboxylic acids is 1. The molecule has 2 nitrogen and oxygen atoms in total. The molecule has 0 atom stereocenters. The van der Waals surface area contributed by atoms with E-state index in [0.717, 1.165) is 0 Å². The van der Waals surface area contributed by atoms with Crippen LogP contribution < -0.4 is 0 Å². The smallest absolute Gasteiger partial charge is 0.0623 e. The summed E-state index contributed by atoms with van der Waals surface area (Å²) in [4.78, 5) is 9.47. The van der Waals surface area contributed by atoms with Crippen LogP contribution in [0.3, 0.4) is 0 Å². The molecule has 0 fully saturated rings. The third kappa shape index (κ3) is 9.61. The molecule has 0 rings (SSSR count). The van der Waals surface area contributed by atoms with Gasteiger partial charge >= 0.3 is 0 Å². The van der Waals surface area contributed by atoms with Crippen LogP contribution in [0.15, 0.2) is 0 Å². The second-order valence-electron chi connectivity index (χ2n) is 2.30. The summed E-state index contributed by atoms with van der Waals surface area (Å²) in [5.74, 6) is 0. The van der Waals surface area contributed by atoms with Crippen molar-refractivity contribution in [2.45, 2.75) is 26.4 Å². The molecule has 0 aromatic rings. The van der Waals surface area contributed by atoms with Gasteiger partial charge in [-0.2, -0.15) is 0 Å².